The zero-order chi connectivity index (χ0) is 12.1. The minimum absolute atomic E-state index is 0.329. The number of hydrogen-bond acceptors (Lipinski definition) is 4. The van der Waals surface area contributed by atoms with Gasteiger partial charge in [-0.25, -0.2) is 0 Å². The van der Waals surface area contributed by atoms with Gasteiger partial charge in [0, 0.05) is 5.92 Å². The first-order valence-electron chi connectivity index (χ1n) is 6.82. The van der Waals surface area contributed by atoms with Gasteiger partial charge in [-0.05, 0) is 26.8 Å². The highest BCUT2D eigenvalue weighted by atomic mass is 32.1. The molecule has 4 heteroatoms. The Morgan fingerprint density at radius 3 is 2.41 bits per heavy atom. The summed E-state index contributed by atoms with van der Waals surface area (Å²) in [5.74, 6) is 0.672. The fourth-order valence-corrected chi connectivity index (χ4v) is 3.49. The van der Waals surface area contributed by atoms with E-state index in [-0.39, 0.29) is 0 Å². The average Bonchev–Trinajstić information content (AvgIpc) is 2.77. The Labute approximate surface area is 108 Å². The third-order valence-electron chi connectivity index (χ3n) is 3.71. The van der Waals surface area contributed by atoms with Crippen LogP contribution < -0.4 is 5.32 Å². The summed E-state index contributed by atoms with van der Waals surface area (Å²) in [5, 5.41) is 14.4. The average molecular weight is 253 g/mol. The molecule has 96 valence electrons. The lowest BCUT2D eigenvalue weighted by Crippen LogP contribution is -2.11. The van der Waals surface area contributed by atoms with Gasteiger partial charge < -0.3 is 5.32 Å². The van der Waals surface area contributed by atoms with E-state index in [1.807, 2.05) is 7.05 Å². The molecule has 1 aliphatic carbocycles. The van der Waals surface area contributed by atoms with Crippen LogP contribution in [0.1, 0.15) is 73.8 Å². The molecule has 1 heterocycles. The molecular formula is C13H23N3S. The van der Waals surface area contributed by atoms with E-state index >= 15 is 0 Å². The summed E-state index contributed by atoms with van der Waals surface area (Å²) in [6.45, 7) is 2.14. The summed E-state index contributed by atoms with van der Waals surface area (Å²) in [6.07, 6.45) is 9.56. The van der Waals surface area contributed by atoms with E-state index < -0.39 is 0 Å². The Kier molecular flexibility index (Phi) is 4.92. The van der Waals surface area contributed by atoms with Crippen LogP contribution in [0.5, 0.6) is 0 Å². The minimum atomic E-state index is 0.329. The maximum absolute atomic E-state index is 4.41. The molecule has 3 nitrogen and oxygen atoms in total. The van der Waals surface area contributed by atoms with Crippen molar-refractivity contribution in [2.45, 2.75) is 63.8 Å². The minimum Gasteiger partial charge on any atom is -0.311 e. The highest BCUT2D eigenvalue weighted by Crippen LogP contribution is 2.33. The summed E-state index contributed by atoms with van der Waals surface area (Å²) >= 11 is 1.80. The second-order valence-corrected chi connectivity index (χ2v) is 6.07. The number of hydrogen-bond donors (Lipinski definition) is 1. The van der Waals surface area contributed by atoms with Gasteiger partial charge in [0.25, 0.3) is 0 Å². The molecule has 0 aromatic carbocycles. The van der Waals surface area contributed by atoms with Gasteiger partial charge in [0.1, 0.15) is 10.0 Å². The molecule has 1 unspecified atom stereocenters. The van der Waals surface area contributed by atoms with Crippen LogP contribution in [-0.4, -0.2) is 17.2 Å². The van der Waals surface area contributed by atoms with Crippen LogP contribution in [0.15, 0.2) is 0 Å². The number of rotatable bonds is 3. The molecule has 0 bridgehead atoms. The normalized spacial score (nSPS) is 20.8. The highest BCUT2D eigenvalue weighted by Gasteiger charge is 2.19. The number of aromatic nitrogens is 2. The van der Waals surface area contributed by atoms with Crippen molar-refractivity contribution in [3.63, 3.8) is 0 Å². The zero-order valence-electron chi connectivity index (χ0n) is 10.9. The zero-order valence-corrected chi connectivity index (χ0v) is 11.7. The maximum Gasteiger partial charge on any atom is 0.134 e. The Balaban J connectivity index is 2.01. The van der Waals surface area contributed by atoms with Gasteiger partial charge in [0.2, 0.25) is 0 Å². The molecule has 1 aromatic heterocycles. The van der Waals surface area contributed by atoms with E-state index in [1.165, 1.54) is 50.0 Å². The van der Waals surface area contributed by atoms with E-state index in [2.05, 4.69) is 22.4 Å². The van der Waals surface area contributed by atoms with Crippen molar-refractivity contribution in [3.05, 3.63) is 10.0 Å². The number of nitrogens with one attached hydrogen (secondary N) is 1. The predicted molar refractivity (Wildman–Crippen MR) is 72.4 cm³/mol. The lowest BCUT2D eigenvalue weighted by Gasteiger charge is -2.16. The first kappa shape index (κ1) is 13.0. The molecule has 0 saturated heterocycles. The predicted octanol–water partition coefficient (Wildman–Crippen LogP) is 3.65. The van der Waals surface area contributed by atoms with Crippen LogP contribution in [-0.2, 0) is 0 Å². The van der Waals surface area contributed by atoms with Crippen molar-refractivity contribution >= 4 is 11.3 Å². The molecule has 1 saturated carbocycles. The van der Waals surface area contributed by atoms with Crippen molar-refractivity contribution in [3.8, 4) is 0 Å². The van der Waals surface area contributed by atoms with E-state index in [9.17, 15) is 0 Å². The third-order valence-corrected chi connectivity index (χ3v) is 4.98. The van der Waals surface area contributed by atoms with E-state index in [0.717, 1.165) is 5.01 Å². The van der Waals surface area contributed by atoms with Crippen LogP contribution in [0, 0.1) is 0 Å². The maximum atomic E-state index is 4.41. The Bertz CT molecular complexity index is 329. The summed E-state index contributed by atoms with van der Waals surface area (Å²) in [5.41, 5.74) is 0. The van der Waals surface area contributed by atoms with E-state index in [0.29, 0.717) is 12.0 Å². The fourth-order valence-electron chi connectivity index (χ4n) is 2.41. The van der Waals surface area contributed by atoms with Crippen LogP contribution >= 0.6 is 11.3 Å². The largest absolute Gasteiger partial charge is 0.311 e. The molecular weight excluding hydrogens is 230 g/mol. The highest BCUT2D eigenvalue weighted by molar-refractivity contribution is 7.11. The van der Waals surface area contributed by atoms with Gasteiger partial charge in [-0.15, -0.1) is 10.2 Å². The van der Waals surface area contributed by atoms with Gasteiger partial charge >= 0.3 is 0 Å². The van der Waals surface area contributed by atoms with E-state index in [1.54, 1.807) is 11.3 Å². The lowest BCUT2D eigenvalue weighted by atomic mass is 9.92. The standard InChI is InChI=1S/C13H23N3S/c1-10(14-2)12-15-16-13(17-12)11-8-6-4-3-5-7-9-11/h10-11,14H,3-9H2,1-2H3. The summed E-state index contributed by atoms with van der Waals surface area (Å²) in [4.78, 5) is 0. The van der Waals surface area contributed by atoms with Crippen LogP contribution in [0.3, 0.4) is 0 Å². The number of nitrogens with zero attached hydrogens (tertiary/aromatic N) is 2. The second-order valence-electron chi connectivity index (χ2n) is 5.03. The quantitative estimate of drug-likeness (QED) is 0.893. The van der Waals surface area contributed by atoms with Crippen molar-refractivity contribution in [1.82, 2.24) is 15.5 Å². The van der Waals surface area contributed by atoms with Crippen molar-refractivity contribution in [2.75, 3.05) is 7.05 Å². The molecule has 0 amide bonds. The van der Waals surface area contributed by atoms with Crippen LogP contribution in [0.2, 0.25) is 0 Å². The second kappa shape index (κ2) is 6.45. The Hall–Kier alpha value is -0.480. The Morgan fingerprint density at radius 2 is 1.76 bits per heavy atom. The van der Waals surface area contributed by atoms with Crippen molar-refractivity contribution in [2.24, 2.45) is 0 Å². The molecule has 1 aromatic rings. The third kappa shape index (κ3) is 3.49. The molecule has 0 aliphatic heterocycles. The molecule has 1 N–H and O–H groups in total. The molecule has 1 atom stereocenters. The van der Waals surface area contributed by atoms with Gasteiger partial charge in [-0.3, -0.25) is 0 Å². The smallest absolute Gasteiger partial charge is 0.134 e. The molecule has 0 spiro atoms. The summed E-state index contributed by atoms with van der Waals surface area (Å²) in [6, 6.07) is 0.329. The molecule has 2 rings (SSSR count). The lowest BCUT2D eigenvalue weighted by molar-refractivity contribution is 0.453. The van der Waals surface area contributed by atoms with Gasteiger partial charge in [-0.1, -0.05) is 43.4 Å². The topological polar surface area (TPSA) is 37.8 Å². The summed E-state index contributed by atoms with van der Waals surface area (Å²) < 4.78 is 0. The fraction of sp³-hybridized carbons (Fsp3) is 0.846. The van der Waals surface area contributed by atoms with Gasteiger partial charge in [0.15, 0.2) is 0 Å². The first-order chi connectivity index (χ1) is 8.31. The Morgan fingerprint density at radius 1 is 1.12 bits per heavy atom. The molecule has 17 heavy (non-hydrogen) atoms. The molecule has 1 fully saturated rings. The van der Waals surface area contributed by atoms with Gasteiger partial charge in [0.05, 0.1) is 6.04 Å². The van der Waals surface area contributed by atoms with Crippen molar-refractivity contribution < 1.29 is 0 Å². The summed E-state index contributed by atoms with van der Waals surface area (Å²) in [7, 11) is 1.97. The first-order valence-corrected chi connectivity index (χ1v) is 7.63. The van der Waals surface area contributed by atoms with E-state index in [4.69, 9.17) is 0 Å². The van der Waals surface area contributed by atoms with Crippen LogP contribution in [0.4, 0.5) is 0 Å². The molecule has 1 aliphatic rings. The van der Waals surface area contributed by atoms with Crippen LogP contribution in [0.25, 0.3) is 0 Å². The molecule has 0 radical (unpaired) electrons. The monoisotopic (exact) mass is 253 g/mol. The van der Waals surface area contributed by atoms with Crippen molar-refractivity contribution in [1.29, 1.82) is 0 Å². The SMILES string of the molecule is CNC(C)c1nnc(C2CCCCCCC2)s1. The van der Waals surface area contributed by atoms with Gasteiger partial charge in [-0.2, -0.15) is 0 Å².